The van der Waals surface area contributed by atoms with Crippen molar-refractivity contribution in [2.24, 2.45) is 0 Å². The summed E-state index contributed by atoms with van der Waals surface area (Å²) in [5.74, 6) is 0.627. The van der Waals surface area contributed by atoms with E-state index in [9.17, 15) is 4.79 Å². The summed E-state index contributed by atoms with van der Waals surface area (Å²) in [6, 6.07) is 0.449. The topological polar surface area (TPSA) is 82.4 Å². The van der Waals surface area contributed by atoms with Gasteiger partial charge in [0.25, 0.3) is 0 Å². The van der Waals surface area contributed by atoms with Crippen LogP contribution in [-0.4, -0.2) is 65.0 Å². The minimum Gasteiger partial charge on any atom is -0.469 e. The van der Waals surface area contributed by atoms with Gasteiger partial charge in [-0.3, -0.25) is 9.69 Å². The second kappa shape index (κ2) is 7.30. The summed E-state index contributed by atoms with van der Waals surface area (Å²) in [5.41, 5.74) is 0. The predicted octanol–water partition coefficient (Wildman–Crippen LogP) is 0.0195. The third-order valence-electron chi connectivity index (χ3n) is 3.29. The maximum absolute atomic E-state index is 11.3. The highest BCUT2D eigenvalue weighted by molar-refractivity contribution is 5.69. The van der Waals surface area contributed by atoms with Crippen molar-refractivity contribution >= 4 is 5.97 Å². The Labute approximate surface area is 118 Å². The zero-order chi connectivity index (χ0) is 14.4. The Morgan fingerprint density at radius 1 is 1.40 bits per heavy atom. The highest BCUT2D eigenvalue weighted by Crippen LogP contribution is 2.34. The smallest absolute Gasteiger partial charge is 0.306 e. The first-order valence-corrected chi connectivity index (χ1v) is 6.79. The van der Waals surface area contributed by atoms with E-state index in [1.165, 1.54) is 7.11 Å². The minimum atomic E-state index is -0.214. The van der Waals surface area contributed by atoms with Crippen LogP contribution >= 0.6 is 0 Å². The van der Waals surface area contributed by atoms with E-state index in [1.807, 2.05) is 4.68 Å². The van der Waals surface area contributed by atoms with Crippen molar-refractivity contribution in [2.75, 3.05) is 33.9 Å². The minimum absolute atomic E-state index is 0.214. The third-order valence-corrected chi connectivity index (χ3v) is 3.29. The van der Waals surface area contributed by atoms with Crippen molar-refractivity contribution in [3.05, 3.63) is 5.82 Å². The number of tetrazole rings is 1. The zero-order valence-electron chi connectivity index (χ0n) is 12.0. The van der Waals surface area contributed by atoms with Crippen LogP contribution in [0.15, 0.2) is 0 Å². The number of carbonyl (C=O) groups excluding carboxylic acids is 1. The Balaban J connectivity index is 1.91. The Bertz CT molecular complexity index is 432. The van der Waals surface area contributed by atoms with Crippen LogP contribution in [0.3, 0.4) is 0 Å². The molecule has 1 aliphatic rings. The summed E-state index contributed by atoms with van der Waals surface area (Å²) in [4.78, 5) is 13.4. The van der Waals surface area contributed by atoms with E-state index in [2.05, 4.69) is 25.2 Å². The van der Waals surface area contributed by atoms with E-state index in [0.717, 1.165) is 25.2 Å². The summed E-state index contributed by atoms with van der Waals surface area (Å²) in [6.45, 7) is 2.55. The molecule has 0 amide bonds. The van der Waals surface area contributed by atoms with E-state index >= 15 is 0 Å². The molecule has 8 heteroatoms. The lowest BCUT2D eigenvalue weighted by Crippen LogP contribution is -2.31. The van der Waals surface area contributed by atoms with Gasteiger partial charge in [0.2, 0.25) is 0 Å². The number of carbonyl (C=O) groups is 1. The van der Waals surface area contributed by atoms with Gasteiger partial charge in [-0.1, -0.05) is 0 Å². The van der Waals surface area contributed by atoms with Gasteiger partial charge in [-0.2, -0.15) is 0 Å². The average molecular weight is 283 g/mol. The summed E-state index contributed by atoms with van der Waals surface area (Å²) in [6.07, 6.45) is 2.63. The van der Waals surface area contributed by atoms with E-state index in [0.29, 0.717) is 32.2 Å². The molecule has 20 heavy (non-hydrogen) atoms. The molecule has 1 saturated carbocycles. The van der Waals surface area contributed by atoms with Crippen LogP contribution in [0, 0.1) is 0 Å². The number of esters is 1. The molecule has 0 unspecified atom stereocenters. The van der Waals surface area contributed by atoms with Crippen LogP contribution in [0.5, 0.6) is 0 Å². The molecule has 112 valence electrons. The first kappa shape index (κ1) is 14.9. The molecule has 0 saturated heterocycles. The molecule has 8 nitrogen and oxygen atoms in total. The molecule has 2 rings (SSSR count). The molecular weight excluding hydrogens is 262 g/mol. The second-order valence-corrected chi connectivity index (χ2v) is 4.87. The fourth-order valence-corrected chi connectivity index (χ4v) is 1.96. The van der Waals surface area contributed by atoms with Crippen molar-refractivity contribution in [1.82, 2.24) is 25.1 Å². The molecule has 0 aliphatic heterocycles. The molecule has 1 heterocycles. The SMILES string of the molecule is COCCN(CCC(=O)OC)Cc1nnnn1C1CC1. The Hall–Kier alpha value is -1.54. The lowest BCUT2D eigenvalue weighted by Gasteiger charge is -2.20. The number of nitrogens with zero attached hydrogens (tertiary/aromatic N) is 5. The molecule has 1 fully saturated rings. The average Bonchev–Trinajstić information content (AvgIpc) is 3.21. The standard InChI is InChI=1S/C12H21N5O3/c1-19-8-7-16(6-5-12(18)20-2)9-11-13-14-15-17(11)10-3-4-10/h10H,3-9H2,1-2H3. The highest BCUT2D eigenvalue weighted by Gasteiger charge is 2.28. The largest absolute Gasteiger partial charge is 0.469 e. The van der Waals surface area contributed by atoms with E-state index in [1.54, 1.807) is 7.11 Å². The maximum atomic E-state index is 11.3. The summed E-state index contributed by atoms with van der Waals surface area (Å²) < 4.78 is 11.7. The number of methoxy groups -OCH3 is 2. The second-order valence-electron chi connectivity index (χ2n) is 4.87. The fourth-order valence-electron chi connectivity index (χ4n) is 1.96. The molecule has 0 spiro atoms. The van der Waals surface area contributed by atoms with Gasteiger partial charge in [0, 0.05) is 20.2 Å². The molecule has 1 aromatic heterocycles. The Kier molecular flexibility index (Phi) is 5.42. The van der Waals surface area contributed by atoms with Crippen molar-refractivity contribution in [1.29, 1.82) is 0 Å². The summed E-state index contributed by atoms with van der Waals surface area (Å²) in [5, 5.41) is 11.8. The molecule has 0 bridgehead atoms. The monoisotopic (exact) mass is 283 g/mol. The van der Waals surface area contributed by atoms with Crippen LogP contribution in [0.2, 0.25) is 0 Å². The number of rotatable bonds is 9. The van der Waals surface area contributed by atoms with Crippen LogP contribution in [0.25, 0.3) is 0 Å². The lowest BCUT2D eigenvalue weighted by atomic mass is 10.3. The number of ether oxygens (including phenoxy) is 2. The molecule has 1 aliphatic carbocycles. The quantitative estimate of drug-likeness (QED) is 0.591. The van der Waals surface area contributed by atoms with Gasteiger partial charge in [-0.15, -0.1) is 5.10 Å². The van der Waals surface area contributed by atoms with Gasteiger partial charge in [-0.25, -0.2) is 4.68 Å². The van der Waals surface area contributed by atoms with Crippen LogP contribution in [0.1, 0.15) is 31.1 Å². The Morgan fingerprint density at radius 2 is 2.20 bits per heavy atom. The van der Waals surface area contributed by atoms with Crippen LogP contribution in [0.4, 0.5) is 0 Å². The fraction of sp³-hybridized carbons (Fsp3) is 0.833. The number of hydrogen-bond donors (Lipinski definition) is 0. The lowest BCUT2D eigenvalue weighted by molar-refractivity contribution is -0.141. The first-order valence-electron chi connectivity index (χ1n) is 6.79. The van der Waals surface area contributed by atoms with Crippen molar-refractivity contribution in [3.8, 4) is 0 Å². The summed E-state index contributed by atoms with van der Waals surface area (Å²) in [7, 11) is 3.06. The van der Waals surface area contributed by atoms with Gasteiger partial charge in [0.15, 0.2) is 5.82 Å². The van der Waals surface area contributed by atoms with E-state index in [-0.39, 0.29) is 5.97 Å². The molecule has 0 radical (unpaired) electrons. The molecule has 0 aromatic carbocycles. The highest BCUT2D eigenvalue weighted by atomic mass is 16.5. The molecule has 1 aromatic rings. The first-order chi connectivity index (χ1) is 9.74. The van der Waals surface area contributed by atoms with Crippen molar-refractivity contribution in [2.45, 2.75) is 31.8 Å². The Morgan fingerprint density at radius 3 is 2.85 bits per heavy atom. The van der Waals surface area contributed by atoms with Gasteiger partial charge in [0.05, 0.1) is 32.7 Å². The zero-order valence-corrected chi connectivity index (χ0v) is 12.0. The number of hydrogen-bond acceptors (Lipinski definition) is 7. The molecule has 0 atom stereocenters. The van der Waals surface area contributed by atoms with Crippen LogP contribution < -0.4 is 0 Å². The van der Waals surface area contributed by atoms with Crippen LogP contribution in [-0.2, 0) is 20.8 Å². The van der Waals surface area contributed by atoms with E-state index in [4.69, 9.17) is 4.74 Å². The number of aromatic nitrogens is 4. The van der Waals surface area contributed by atoms with Gasteiger partial charge >= 0.3 is 5.97 Å². The van der Waals surface area contributed by atoms with Gasteiger partial charge in [0.1, 0.15) is 0 Å². The molecular formula is C12H21N5O3. The third kappa shape index (κ3) is 4.24. The van der Waals surface area contributed by atoms with Gasteiger partial charge < -0.3 is 9.47 Å². The van der Waals surface area contributed by atoms with Crippen molar-refractivity contribution < 1.29 is 14.3 Å². The maximum Gasteiger partial charge on any atom is 0.306 e. The summed E-state index contributed by atoms with van der Waals surface area (Å²) >= 11 is 0. The van der Waals surface area contributed by atoms with Crippen molar-refractivity contribution in [3.63, 3.8) is 0 Å². The van der Waals surface area contributed by atoms with E-state index < -0.39 is 0 Å². The molecule has 0 N–H and O–H groups in total. The normalized spacial score (nSPS) is 14.8. The van der Waals surface area contributed by atoms with Gasteiger partial charge in [-0.05, 0) is 23.3 Å². The predicted molar refractivity (Wildman–Crippen MR) is 69.9 cm³/mol.